The van der Waals surface area contributed by atoms with Gasteiger partial charge in [-0.2, -0.15) is 0 Å². The Hall–Kier alpha value is -3.13. The van der Waals surface area contributed by atoms with Gasteiger partial charge in [0.2, 0.25) is 11.8 Å². The molecule has 0 radical (unpaired) electrons. The van der Waals surface area contributed by atoms with E-state index in [1.807, 2.05) is 54.6 Å². The number of ether oxygens (including phenoxy) is 1. The molecule has 2 heterocycles. The van der Waals surface area contributed by atoms with E-state index in [4.69, 9.17) is 13.6 Å². The van der Waals surface area contributed by atoms with Gasteiger partial charge in [-0.3, -0.25) is 0 Å². The highest BCUT2D eigenvalue weighted by atomic mass is 32.2. The van der Waals surface area contributed by atoms with Crippen LogP contribution in [0.5, 0.6) is 5.75 Å². The fourth-order valence-electron chi connectivity index (χ4n) is 2.50. The Bertz CT molecular complexity index is 1020. The van der Waals surface area contributed by atoms with E-state index in [-0.39, 0.29) is 0 Å². The maximum atomic E-state index is 5.72. The molecule has 27 heavy (non-hydrogen) atoms. The van der Waals surface area contributed by atoms with Crippen molar-refractivity contribution in [3.63, 3.8) is 0 Å². The van der Waals surface area contributed by atoms with Gasteiger partial charge in [-0.25, -0.2) is 0 Å². The van der Waals surface area contributed by atoms with Crippen LogP contribution in [0.15, 0.2) is 68.7 Å². The maximum Gasteiger partial charge on any atom is 0.277 e. The Morgan fingerprint density at radius 2 is 1.63 bits per heavy atom. The predicted octanol–water partition coefficient (Wildman–Crippen LogP) is 4.01. The molecule has 2 aromatic heterocycles. The van der Waals surface area contributed by atoms with Gasteiger partial charge in [0.25, 0.3) is 11.1 Å². The Labute approximate surface area is 159 Å². The first kappa shape index (κ1) is 17.3. The van der Waals surface area contributed by atoms with Crippen LogP contribution in [0.25, 0.3) is 11.5 Å². The molecule has 0 N–H and O–H groups in total. The molecular weight excluding hydrogens is 364 g/mol. The van der Waals surface area contributed by atoms with E-state index in [0.29, 0.717) is 40.8 Å². The van der Waals surface area contributed by atoms with Crippen molar-refractivity contribution in [1.82, 2.24) is 20.4 Å². The fourth-order valence-corrected chi connectivity index (χ4v) is 3.12. The minimum atomic E-state index is 0.415. The highest BCUT2D eigenvalue weighted by Gasteiger charge is 2.14. The number of rotatable bonds is 7. The number of benzene rings is 2. The monoisotopic (exact) mass is 380 g/mol. The summed E-state index contributed by atoms with van der Waals surface area (Å²) in [4.78, 5) is 0. The third-order valence-corrected chi connectivity index (χ3v) is 4.57. The van der Waals surface area contributed by atoms with Gasteiger partial charge in [-0.05, 0) is 17.7 Å². The van der Waals surface area contributed by atoms with E-state index in [0.717, 1.165) is 11.1 Å². The molecule has 7 nitrogen and oxygen atoms in total. The Morgan fingerprint density at radius 3 is 2.48 bits per heavy atom. The van der Waals surface area contributed by atoms with Crippen LogP contribution in [-0.2, 0) is 12.2 Å². The summed E-state index contributed by atoms with van der Waals surface area (Å²) < 4.78 is 16.7. The third-order valence-electron chi connectivity index (χ3n) is 3.77. The SMILES string of the molecule is COc1ccccc1-c1nnc(CSc2nnc(Cc3ccccc3)o2)o1. The van der Waals surface area contributed by atoms with E-state index in [1.165, 1.54) is 11.8 Å². The number of para-hydroxylation sites is 1. The highest BCUT2D eigenvalue weighted by Crippen LogP contribution is 2.29. The molecule has 0 atom stereocenters. The highest BCUT2D eigenvalue weighted by molar-refractivity contribution is 7.98. The molecule has 0 fully saturated rings. The molecule has 8 heteroatoms. The average Bonchev–Trinajstić information content (AvgIpc) is 3.36. The van der Waals surface area contributed by atoms with Gasteiger partial charge >= 0.3 is 0 Å². The van der Waals surface area contributed by atoms with Crippen molar-refractivity contribution in [2.75, 3.05) is 7.11 Å². The molecule has 4 aromatic rings. The summed E-state index contributed by atoms with van der Waals surface area (Å²) in [5.41, 5.74) is 1.88. The van der Waals surface area contributed by atoms with E-state index < -0.39 is 0 Å². The first-order valence-electron chi connectivity index (χ1n) is 8.26. The second kappa shape index (κ2) is 8.05. The molecule has 0 saturated heterocycles. The van der Waals surface area contributed by atoms with Crippen LogP contribution in [0.4, 0.5) is 0 Å². The van der Waals surface area contributed by atoms with E-state index in [1.54, 1.807) is 7.11 Å². The van der Waals surface area contributed by atoms with Crippen molar-refractivity contribution in [1.29, 1.82) is 0 Å². The first-order valence-corrected chi connectivity index (χ1v) is 9.25. The Balaban J connectivity index is 1.39. The van der Waals surface area contributed by atoms with Crippen molar-refractivity contribution >= 4 is 11.8 Å². The lowest BCUT2D eigenvalue weighted by Gasteiger charge is -2.03. The van der Waals surface area contributed by atoms with E-state index in [9.17, 15) is 0 Å². The minimum Gasteiger partial charge on any atom is -0.496 e. The average molecular weight is 380 g/mol. The van der Waals surface area contributed by atoms with Crippen LogP contribution < -0.4 is 4.74 Å². The topological polar surface area (TPSA) is 87.1 Å². The molecule has 0 aliphatic rings. The van der Waals surface area contributed by atoms with E-state index >= 15 is 0 Å². The molecule has 2 aromatic carbocycles. The van der Waals surface area contributed by atoms with Crippen LogP contribution in [-0.4, -0.2) is 27.5 Å². The largest absolute Gasteiger partial charge is 0.496 e. The number of hydrogen-bond acceptors (Lipinski definition) is 8. The number of thioether (sulfide) groups is 1. The maximum absolute atomic E-state index is 5.72. The van der Waals surface area contributed by atoms with Gasteiger partial charge in [0.1, 0.15) is 5.75 Å². The summed E-state index contributed by atoms with van der Waals surface area (Å²) in [5, 5.41) is 16.8. The third kappa shape index (κ3) is 4.17. The van der Waals surface area contributed by atoms with Crippen LogP contribution >= 0.6 is 11.8 Å². The Morgan fingerprint density at radius 1 is 0.852 bits per heavy atom. The lowest BCUT2D eigenvalue weighted by molar-refractivity contribution is 0.413. The zero-order valence-electron chi connectivity index (χ0n) is 14.5. The zero-order chi connectivity index (χ0) is 18.5. The smallest absolute Gasteiger partial charge is 0.277 e. The number of methoxy groups -OCH3 is 1. The molecule has 0 aliphatic heterocycles. The molecule has 4 rings (SSSR count). The van der Waals surface area contributed by atoms with Crippen molar-refractivity contribution < 1.29 is 13.6 Å². The molecule has 0 amide bonds. The zero-order valence-corrected chi connectivity index (χ0v) is 15.3. The second-order valence-corrected chi connectivity index (χ2v) is 6.54. The molecule has 0 unspecified atom stereocenters. The molecular formula is C19H16N4O3S. The van der Waals surface area contributed by atoms with Gasteiger partial charge in [0.05, 0.1) is 24.8 Å². The summed E-state index contributed by atoms with van der Waals surface area (Å²) in [5.74, 6) is 2.59. The molecule has 0 aliphatic carbocycles. The summed E-state index contributed by atoms with van der Waals surface area (Å²) in [6, 6.07) is 17.5. The van der Waals surface area contributed by atoms with Crippen molar-refractivity contribution in [3.05, 3.63) is 71.9 Å². The summed E-state index contributed by atoms with van der Waals surface area (Å²) in [6.45, 7) is 0. The number of hydrogen-bond donors (Lipinski definition) is 0. The van der Waals surface area contributed by atoms with Gasteiger partial charge in [-0.15, -0.1) is 20.4 Å². The lowest BCUT2D eigenvalue weighted by Crippen LogP contribution is -1.87. The van der Waals surface area contributed by atoms with Crippen LogP contribution in [0.2, 0.25) is 0 Å². The summed E-state index contributed by atoms with van der Waals surface area (Å²) in [6.07, 6.45) is 0.604. The first-order chi connectivity index (χ1) is 13.3. The molecule has 0 spiro atoms. The minimum absolute atomic E-state index is 0.415. The van der Waals surface area contributed by atoms with Gasteiger partial charge in [-0.1, -0.05) is 54.2 Å². The quantitative estimate of drug-likeness (QED) is 0.445. The summed E-state index contributed by atoms with van der Waals surface area (Å²) >= 11 is 1.36. The van der Waals surface area contributed by atoms with Gasteiger partial charge in [0, 0.05) is 0 Å². The standard InChI is InChI=1S/C19H16N4O3S/c1-24-15-10-6-5-9-14(15)18-22-21-17(25-18)12-27-19-23-20-16(26-19)11-13-7-3-2-4-8-13/h2-10H,11-12H2,1H3. The summed E-state index contributed by atoms with van der Waals surface area (Å²) in [7, 11) is 1.61. The van der Waals surface area contributed by atoms with Gasteiger partial charge in [0.15, 0.2) is 0 Å². The Kier molecular flexibility index (Phi) is 5.15. The lowest BCUT2D eigenvalue weighted by atomic mass is 10.2. The van der Waals surface area contributed by atoms with Crippen LogP contribution in [0, 0.1) is 0 Å². The predicted molar refractivity (Wildman–Crippen MR) is 99.4 cm³/mol. The molecule has 136 valence electrons. The normalized spacial score (nSPS) is 10.9. The number of nitrogens with zero attached hydrogens (tertiary/aromatic N) is 4. The van der Waals surface area contributed by atoms with Gasteiger partial charge < -0.3 is 13.6 Å². The van der Waals surface area contributed by atoms with Crippen molar-refractivity contribution in [2.24, 2.45) is 0 Å². The molecule has 0 saturated carbocycles. The number of aromatic nitrogens is 4. The fraction of sp³-hybridized carbons (Fsp3) is 0.158. The molecule has 0 bridgehead atoms. The second-order valence-electron chi connectivity index (χ2n) is 5.61. The van der Waals surface area contributed by atoms with Crippen LogP contribution in [0.1, 0.15) is 17.3 Å². The van der Waals surface area contributed by atoms with Crippen molar-refractivity contribution in [2.45, 2.75) is 17.4 Å². The van der Waals surface area contributed by atoms with E-state index in [2.05, 4.69) is 20.4 Å². The van der Waals surface area contributed by atoms with Crippen LogP contribution in [0.3, 0.4) is 0 Å². The van der Waals surface area contributed by atoms with Crippen molar-refractivity contribution in [3.8, 4) is 17.2 Å².